The van der Waals surface area contributed by atoms with Gasteiger partial charge < -0.3 is 14.8 Å². The monoisotopic (exact) mass is 240 g/mol. The Hall–Kier alpha value is -0.980. The van der Waals surface area contributed by atoms with E-state index in [0.717, 1.165) is 45.0 Å². The van der Waals surface area contributed by atoms with Crippen LogP contribution in [0.3, 0.4) is 0 Å². The third-order valence-corrected chi connectivity index (χ3v) is 2.84. The minimum absolute atomic E-state index is 0.589. The van der Waals surface area contributed by atoms with Crippen LogP contribution >= 0.6 is 0 Å². The number of ether oxygens (including phenoxy) is 2. The van der Waals surface area contributed by atoms with E-state index < -0.39 is 0 Å². The fourth-order valence-corrected chi connectivity index (χ4v) is 1.89. The van der Waals surface area contributed by atoms with E-state index in [1.54, 1.807) is 7.11 Å². The highest BCUT2D eigenvalue weighted by molar-refractivity contribution is 4.91. The second-order valence-electron chi connectivity index (χ2n) is 4.33. The van der Waals surface area contributed by atoms with Crippen molar-refractivity contribution in [2.24, 2.45) is 5.92 Å². The van der Waals surface area contributed by atoms with Gasteiger partial charge in [0.25, 0.3) is 0 Å². The maximum atomic E-state index is 5.34. The summed E-state index contributed by atoms with van der Waals surface area (Å²) < 4.78 is 12.2. The van der Waals surface area contributed by atoms with Gasteiger partial charge in [0.05, 0.1) is 18.9 Å². The molecule has 0 bridgehead atoms. The van der Waals surface area contributed by atoms with Crippen LogP contribution < -0.4 is 5.32 Å². The van der Waals surface area contributed by atoms with E-state index in [4.69, 9.17) is 9.47 Å². The van der Waals surface area contributed by atoms with Crippen LogP contribution in [0.2, 0.25) is 0 Å². The van der Waals surface area contributed by atoms with Crippen LogP contribution in [0.4, 0.5) is 0 Å². The van der Waals surface area contributed by atoms with Gasteiger partial charge in [0, 0.05) is 45.5 Å². The summed E-state index contributed by atoms with van der Waals surface area (Å²) in [4.78, 5) is 0. The summed E-state index contributed by atoms with van der Waals surface area (Å²) in [5.41, 5.74) is 0.972. The van der Waals surface area contributed by atoms with Crippen LogP contribution in [-0.2, 0) is 22.6 Å². The molecule has 6 heteroatoms. The third-order valence-electron chi connectivity index (χ3n) is 2.84. The Kier molecular flexibility index (Phi) is 4.90. The summed E-state index contributed by atoms with van der Waals surface area (Å²) in [6.45, 7) is 4.93. The minimum atomic E-state index is 0.589. The van der Waals surface area contributed by atoms with Gasteiger partial charge in [-0.1, -0.05) is 5.21 Å². The number of rotatable bonds is 7. The maximum Gasteiger partial charge on any atom is 0.0964 e. The van der Waals surface area contributed by atoms with Crippen molar-refractivity contribution in [2.75, 3.05) is 33.5 Å². The highest BCUT2D eigenvalue weighted by Gasteiger charge is 2.16. The van der Waals surface area contributed by atoms with Gasteiger partial charge in [-0.25, -0.2) is 0 Å². The van der Waals surface area contributed by atoms with Gasteiger partial charge in [0.2, 0.25) is 0 Å². The fourth-order valence-electron chi connectivity index (χ4n) is 1.89. The fraction of sp³-hybridized carbons (Fsp3) is 0.818. The Bertz CT molecular complexity index is 323. The lowest BCUT2D eigenvalue weighted by Crippen LogP contribution is -2.18. The molecule has 1 aromatic heterocycles. The average molecular weight is 240 g/mol. The Balaban J connectivity index is 1.71. The summed E-state index contributed by atoms with van der Waals surface area (Å²) in [6, 6.07) is 0. The predicted octanol–water partition coefficient (Wildman–Crippen LogP) is 0.0506. The molecule has 0 aliphatic carbocycles. The lowest BCUT2D eigenvalue weighted by molar-refractivity contribution is 0.181. The van der Waals surface area contributed by atoms with E-state index in [9.17, 15) is 0 Å². The average Bonchev–Trinajstić information content (AvgIpc) is 2.97. The van der Waals surface area contributed by atoms with Crippen molar-refractivity contribution in [1.29, 1.82) is 0 Å². The molecule has 1 fully saturated rings. The van der Waals surface area contributed by atoms with Gasteiger partial charge in [-0.05, 0) is 6.42 Å². The molecule has 6 nitrogen and oxygen atoms in total. The van der Waals surface area contributed by atoms with Gasteiger partial charge in [-0.3, -0.25) is 4.68 Å². The summed E-state index contributed by atoms with van der Waals surface area (Å²) in [6.07, 6.45) is 3.12. The molecule has 2 heterocycles. The molecular weight excluding hydrogens is 220 g/mol. The zero-order valence-corrected chi connectivity index (χ0v) is 10.3. The maximum absolute atomic E-state index is 5.34. The lowest BCUT2D eigenvalue weighted by Gasteiger charge is -2.05. The summed E-state index contributed by atoms with van der Waals surface area (Å²) >= 11 is 0. The molecule has 17 heavy (non-hydrogen) atoms. The number of aromatic nitrogens is 3. The van der Waals surface area contributed by atoms with Gasteiger partial charge in [-0.2, -0.15) is 0 Å². The molecule has 1 atom stereocenters. The van der Waals surface area contributed by atoms with Crippen LogP contribution in [0, 0.1) is 5.92 Å². The van der Waals surface area contributed by atoms with E-state index in [1.165, 1.54) is 0 Å². The normalized spacial score (nSPS) is 19.9. The Morgan fingerprint density at radius 1 is 1.65 bits per heavy atom. The standard InChI is InChI=1S/C11H20N4O2/c1-16-5-3-12-6-11-8-15(14-13-11)7-10-2-4-17-9-10/h8,10,12H,2-7,9H2,1H3. The van der Waals surface area contributed by atoms with Crippen molar-refractivity contribution in [3.05, 3.63) is 11.9 Å². The summed E-state index contributed by atoms with van der Waals surface area (Å²) in [5, 5.41) is 11.5. The topological polar surface area (TPSA) is 61.2 Å². The molecule has 1 aliphatic heterocycles. The van der Waals surface area contributed by atoms with E-state index in [2.05, 4.69) is 15.6 Å². The van der Waals surface area contributed by atoms with Crippen LogP contribution in [0.5, 0.6) is 0 Å². The van der Waals surface area contributed by atoms with Gasteiger partial charge in [0.1, 0.15) is 0 Å². The molecule has 2 rings (SSSR count). The molecule has 0 spiro atoms. The van der Waals surface area contributed by atoms with Crippen molar-refractivity contribution in [3.63, 3.8) is 0 Å². The Labute approximate surface area is 101 Å². The SMILES string of the molecule is COCCNCc1cn(CC2CCOC2)nn1. The molecule has 0 saturated carbocycles. The van der Waals surface area contributed by atoms with Crippen molar-refractivity contribution in [1.82, 2.24) is 20.3 Å². The van der Waals surface area contributed by atoms with Crippen LogP contribution in [0.25, 0.3) is 0 Å². The number of nitrogens with zero attached hydrogens (tertiary/aromatic N) is 3. The zero-order valence-electron chi connectivity index (χ0n) is 10.3. The molecule has 0 amide bonds. The van der Waals surface area contributed by atoms with Gasteiger partial charge >= 0.3 is 0 Å². The lowest BCUT2D eigenvalue weighted by atomic mass is 10.1. The first-order valence-electron chi connectivity index (χ1n) is 6.05. The van der Waals surface area contributed by atoms with E-state index in [0.29, 0.717) is 12.5 Å². The van der Waals surface area contributed by atoms with Crippen molar-refractivity contribution in [2.45, 2.75) is 19.5 Å². The molecule has 1 unspecified atom stereocenters. The second kappa shape index (κ2) is 6.68. The predicted molar refractivity (Wildman–Crippen MR) is 62.5 cm³/mol. The first-order valence-corrected chi connectivity index (χ1v) is 6.05. The first kappa shape index (κ1) is 12.5. The Morgan fingerprint density at radius 3 is 3.35 bits per heavy atom. The van der Waals surface area contributed by atoms with Crippen molar-refractivity contribution >= 4 is 0 Å². The van der Waals surface area contributed by atoms with Crippen LogP contribution in [-0.4, -0.2) is 48.5 Å². The van der Waals surface area contributed by atoms with Crippen LogP contribution in [0.15, 0.2) is 6.20 Å². The number of hydrogen-bond acceptors (Lipinski definition) is 5. The Morgan fingerprint density at radius 2 is 2.59 bits per heavy atom. The van der Waals surface area contributed by atoms with Crippen LogP contribution in [0.1, 0.15) is 12.1 Å². The molecule has 1 aliphatic rings. The van der Waals surface area contributed by atoms with E-state index >= 15 is 0 Å². The first-order chi connectivity index (χ1) is 8.38. The summed E-state index contributed by atoms with van der Waals surface area (Å²) in [7, 11) is 1.70. The molecule has 0 radical (unpaired) electrons. The second-order valence-corrected chi connectivity index (χ2v) is 4.33. The minimum Gasteiger partial charge on any atom is -0.383 e. The smallest absolute Gasteiger partial charge is 0.0964 e. The molecule has 96 valence electrons. The largest absolute Gasteiger partial charge is 0.383 e. The molecule has 1 saturated heterocycles. The van der Waals surface area contributed by atoms with E-state index in [1.807, 2.05) is 10.9 Å². The van der Waals surface area contributed by atoms with E-state index in [-0.39, 0.29) is 0 Å². The number of hydrogen-bond donors (Lipinski definition) is 1. The number of methoxy groups -OCH3 is 1. The van der Waals surface area contributed by atoms with Crippen molar-refractivity contribution in [3.8, 4) is 0 Å². The quantitative estimate of drug-likeness (QED) is 0.682. The molecule has 1 aromatic rings. The molecular formula is C11H20N4O2. The van der Waals surface area contributed by atoms with Gasteiger partial charge in [0.15, 0.2) is 0 Å². The molecule has 1 N–H and O–H groups in total. The summed E-state index contributed by atoms with van der Waals surface area (Å²) in [5.74, 6) is 0.589. The zero-order chi connectivity index (χ0) is 11.9. The molecule has 0 aromatic carbocycles. The van der Waals surface area contributed by atoms with Crippen molar-refractivity contribution < 1.29 is 9.47 Å². The highest BCUT2D eigenvalue weighted by atomic mass is 16.5. The van der Waals surface area contributed by atoms with Gasteiger partial charge in [-0.15, -0.1) is 5.10 Å². The highest BCUT2D eigenvalue weighted by Crippen LogP contribution is 2.13. The third kappa shape index (κ3) is 4.07. The number of nitrogens with one attached hydrogen (secondary N) is 1.